The summed E-state index contributed by atoms with van der Waals surface area (Å²) in [5, 5.41) is 16.7. The summed E-state index contributed by atoms with van der Waals surface area (Å²) in [5.74, 6) is 0.953. The fraction of sp³-hybridized carbons (Fsp3) is 0.562. The van der Waals surface area contributed by atoms with E-state index in [9.17, 15) is 9.90 Å². The maximum atomic E-state index is 12.1. The van der Waals surface area contributed by atoms with E-state index >= 15 is 0 Å². The number of ether oxygens (including phenoxy) is 2. The van der Waals surface area contributed by atoms with Gasteiger partial charge in [-0.3, -0.25) is 4.79 Å². The Morgan fingerprint density at radius 2 is 2.22 bits per heavy atom. The molecule has 0 saturated carbocycles. The molecule has 3 rings (SSSR count). The summed E-state index contributed by atoms with van der Waals surface area (Å²) in [5.41, 5.74) is 0.594. The summed E-state index contributed by atoms with van der Waals surface area (Å²) in [7, 11) is 0. The summed E-state index contributed by atoms with van der Waals surface area (Å²) in [6.45, 7) is 1.90. The van der Waals surface area contributed by atoms with Crippen LogP contribution in [0.15, 0.2) is 12.1 Å². The lowest BCUT2D eigenvalue weighted by Gasteiger charge is -2.24. The van der Waals surface area contributed by atoms with Crippen molar-refractivity contribution in [1.82, 2.24) is 10.6 Å². The number of benzene rings is 1. The smallest absolute Gasteiger partial charge is 0.237 e. The summed E-state index contributed by atoms with van der Waals surface area (Å²) in [4.78, 5) is 12.1. The predicted molar refractivity (Wildman–Crippen MR) is 86.1 cm³/mol. The molecular weight excluding hydrogens is 320 g/mol. The number of aliphatic hydroxyl groups excluding tert-OH is 1. The van der Waals surface area contributed by atoms with Crippen molar-refractivity contribution in [1.29, 1.82) is 0 Å². The van der Waals surface area contributed by atoms with Crippen LogP contribution in [0, 0.1) is 0 Å². The number of fused-ring (bicyclic) bond motifs is 1. The molecule has 0 aliphatic carbocycles. The largest absolute Gasteiger partial charge is 0.486 e. The molecule has 1 amide bonds. The van der Waals surface area contributed by atoms with Gasteiger partial charge in [-0.25, -0.2) is 0 Å². The maximum Gasteiger partial charge on any atom is 0.237 e. The molecule has 2 unspecified atom stereocenters. The van der Waals surface area contributed by atoms with Gasteiger partial charge in [-0.1, -0.05) is 18.0 Å². The Morgan fingerprint density at radius 1 is 1.39 bits per heavy atom. The highest BCUT2D eigenvalue weighted by molar-refractivity contribution is 6.32. The Morgan fingerprint density at radius 3 is 3.00 bits per heavy atom. The van der Waals surface area contributed by atoms with Gasteiger partial charge < -0.3 is 25.2 Å². The van der Waals surface area contributed by atoms with Crippen molar-refractivity contribution in [3.63, 3.8) is 0 Å². The molecule has 0 radical (unpaired) electrons. The first-order valence-corrected chi connectivity index (χ1v) is 8.31. The van der Waals surface area contributed by atoms with Crippen LogP contribution >= 0.6 is 11.6 Å². The minimum absolute atomic E-state index is 0.0765. The van der Waals surface area contributed by atoms with Gasteiger partial charge in [0.2, 0.25) is 5.91 Å². The van der Waals surface area contributed by atoms with Crippen LogP contribution in [0.5, 0.6) is 11.5 Å². The van der Waals surface area contributed by atoms with Crippen LogP contribution in [0.4, 0.5) is 0 Å². The molecule has 7 heteroatoms. The van der Waals surface area contributed by atoms with Gasteiger partial charge >= 0.3 is 0 Å². The second-order valence-corrected chi connectivity index (χ2v) is 6.20. The van der Waals surface area contributed by atoms with E-state index in [1.54, 1.807) is 12.1 Å². The second kappa shape index (κ2) is 7.38. The van der Waals surface area contributed by atoms with Crippen molar-refractivity contribution < 1.29 is 19.4 Å². The molecule has 1 fully saturated rings. The first-order valence-electron chi connectivity index (χ1n) is 7.93. The molecule has 2 heterocycles. The zero-order valence-corrected chi connectivity index (χ0v) is 13.6. The average Bonchev–Trinajstić information content (AvgIpc) is 2.60. The molecule has 0 spiro atoms. The first kappa shape index (κ1) is 16.4. The highest BCUT2D eigenvalue weighted by Crippen LogP contribution is 2.39. The van der Waals surface area contributed by atoms with E-state index in [4.69, 9.17) is 21.1 Å². The van der Waals surface area contributed by atoms with E-state index in [1.807, 2.05) is 0 Å². The third kappa shape index (κ3) is 3.88. The van der Waals surface area contributed by atoms with Crippen LogP contribution in [0.1, 0.15) is 30.9 Å². The SMILES string of the molecule is O=C(NCC(O)c1cc(Cl)c2c(c1)OCCO2)C1CCCCN1. The lowest BCUT2D eigenvalue weighted by Crippen LogP contribution is -2.47. The quantitative estimate of drug-likeness (QED) is 0.772. The molecule has 6 nitrogen and oxygen atoms in total. The summed E-state index contributed by atoms with van der Waals surface area (Å²) in [6, 6.07) is 3.18. The zero-order valence-electron chi connectivity index (χ0n) is 12.8. The van der Waals surface area contributed by atoms with Gasteiger partial charge in [0.05, 0.1) is 17.2 Å². The third-order valence-corrected chi connectivity index (χ3v) is 4.38. The molecule has 0 bridgehead atoms. The molecule has 2 atom stereocenters. The number of amides is 1. The monoisotopic (exact) mass is 340 g/mol. The van der Waals surface area contributed by atoms with Gasteiger partial charge in [0.1, 0.15) is 13.2 Å². The summed E-state index contributed by atoms with van der Waals surface area (Å²) < 4.78 is 10.9. The summed E-state index contributed by atoms with van der Waals surface area (Å²) in [6.07, 6.45) is 2.13. The van der Waals surface area contributed by atoms with Gasteiger partial charge in [-0.15, -0.1) is 0 Å². The van der Waals surface area contributed by atoms with E-state index in [0.29, 0.717) is 35.3 Å². The van der Waals surface area contributed by atoms with Crippen LogP contribution in [0.2, 0.25) is 5.02 Å². The Balaban J connectivity index is 1.60. The van der Waals surface area contributed by atoms with E-state index in [1.165, 1.54) is 0 Å². The molecule has 126 valence electrons. The van der Waals surface area contributed by atoms with Crippen molar-refractivity contribution in [2.45, 2.75) is 31.4 Å². The number of carbonyl (C=O) groups is 1. The standard InChI is InChI=1S/C16H21ClN2O4/c17-11-7-10(8-14-15(11)23-6-5-22-14)13(20)9-19-16(21)12-3-1-2-4-18-12/h7-8,12-13,18,20H,1-6,9H2,(H,19,21). The maximum absolute atomic E-state index is 12.1. The molecule has 1 saturated heterocycles. The van der Waals surface area contributed by atoms with E-state index in [-0.39, 0.29) is 18.5 Å². The van der Waals surface area contributed by atoms with Crippen LogP contribution < -0.4 is 20.1 Å². The number of rotatable bonds is 4. The van der Waals surface area contributed by atoms with Gasteiger partial charge in [0.25, 0.3) is 0 Å². The molecule has 0 aromatic heterocycles. The van der Waals surface area contributed by atoms with E-state index < -0.39 is 6.10 Å². The number of piperidine rings is 1. The van der Waals surface area contributed by atoms with Crippen molar-refractivity contribution in [2.24, 2.45) is 0 Å². The van der Waals surface area contributed by atoms with Crippen LogP contribution in [0.25, 0.3) is 0 Å². The predicted octanol–water partition coefficient (Wildman–Crippen LogP) is 1.40. The van der Waals surface area contributed by atoms with E-state index in [0.717, 1.165) is 25.8 Å². The molecule has 2 aliphatic rings. The van der Waals surface area contributed by atoms with Gasteiger partial charge in [0, 0.05) is 6.54 Å². The number of carbonyl (C=O) groups excluding carboxylic acids is 1. The molecule has 2 aliphatic heterocycles. The third-order valence-electron chi connectivity index (χ3n) is 4.10. The Kier molecular flexibility index (Phi) is 5.25. The van der Waals surface area contributed by atoms with Crippen LogP contribution in [-0.4, -0.2) is 43.4 Å². The average molecular weight is 341 g/mol. The Labute approximate surface area is 140 Å². The fourth-order valence-electron chi connectivity index (χ4n) is 2.84. The zero-order chi connectivity index (χ0) is 16.2. The highest BCUT2D eigenvalue weighted by atomic mass is 35.5. The van der Waals surface area contributed by atoms with Crippen LogP contribution in [0.3, 0.4) is 0 Å². The number of hydrogen-bond donors (Lipinski definition) is 3. The number of nitrogens with one attached hydrogen (secondary N) is 2. The Hall–Kier alpha value is -1.50. The van der Waals surface area contributed by atoms with Crippen molar-refractivity contribution >= 4 is 17.5 Å². The minimum atomic E-state index is -0.851. The molecule has 1 aromatic carbocycles. The van der Waals surface area contributed by atoms with Gasteiger partial charge in [-0.05, 0) is 37.1 Å². The topological polar surface area (TPSA) is 79.8 Å². The number of hydrogen-bond acceptors (Lipinski definition) is 5. The van der Waals surface area contributed by atoms with Crippen molar-refractivity contribution in [3.8, 4) is 11.5 Å². The van der Waals surface area contributed by atoms with Crippen molar-refractivity contribution in [2.75, 3.05) is 26.3 Å². The molecule has 1 aromatic rings. The van der Waals surface area contributed by atoms with Crippen molar-refractivity contribution in [3.05, 3.63) is 22.7 Å². The fourth-order valence-corrected chi connectivity index (χ4v) is 3.11. The number of aliphatic hydroxyl groups is 1. The highest BCUT2D eigenvalue weighted by Gasteiger charge is 2.23. The first-order chi connectivity index (χ1) is 11.1. The van der Waals surface area contributed by atoms with Crippen LogP contribution in [-0.2, 0) is 4.79 Å². The molecular formula is C16H21ClN2O4. The lowest BCUT2D eigenvalue weighted by molar-refractivity contribution is -0.124. The summed E-state index contributed by atoms with van der Waals surface area (Å²) >= 11 is 6.16. The normalized spacial score (nSPS) is 21.6. The lowest BCUT2D eigenvalue weighted by atomic mass is 10.0. The van der Waals surface area contributed by atoms with E-state index in [2.05, 4.69) is 10.6 Å². The number of halogens is 1. The Bertz CT molecular complexity index is 575. The minimum Gasteiger partial charge on any atom is -0.486 e. The van der Waals surface area contributed by atoms with Gasteiger partial charge in [-0.2, -0.15) is 0 Å². The molecule has 3 N–H and O–H groups in total. The van der Waals surface area contributed by atoms with Gasteiger partial charge in [0.15, 0.2) is 11.5 Å². The molecule has 23 heavy (non-hydrogen) atoms. The second-order valence-electron chi connectivity index (χ2n) is 5.79.